The van der Waals surface area contributed by atoms with Gasteiger partial charge >= 0.3 is 8.56 Å². The van der Waals surface area contributed by atoms with Crippen molar-refractivity contribution in [3.05, 3.63) is 0 Å². The van der Waals surface area contributed by atoms with Gasteiger partial charge in [0.15, 0.2) is 0 Å². The Morgan fingerprint density at radius 2 is 2.05 bits per heavy atom. The van der Waals surface area contributed by atoms with Crippen molar-refractivity contribution < 1.29 is 13.6 Å². The monoisotopic (exact) mass is 286 g/mol. The lowest BCUT2D eigenvalue weighted by Gasteiger charge is -2.34. The highest BCUT2D eigenvalue weighted by molar-refractivity contribution is 6.68. The third-order valence-corrected chi connectivity index (χ3v) is 9.47. The van der Waals surface area contributed by atoms with Crippen LogP contribution in [0.3, 0.4) is 0 Å². The zero-order valence-electron chi connectivity index (χ0n) is 13.0. The first kappa shape index (κ1) is 15.5. The van der Waals surface area contributed by atoms with Gasteiger partial charge in [-0.2, -0.15) is 0 Å². The van der Waals surface area contributed by atoms with Gasteiger partial charge in [0.25, 0.3) is 0 Å². The molecular formula is C15H30O3Si. The second-order valence-corrected chi connectivity index (χ2v) is 10.2. The van der Waals surface area contributed by atoms with Crippen LogP contribution in [0.15, 0.2) is 0 Å². The third-order valence-electron chi connectivity index (χ3n) is 5.19. The van der Waals surface area contributed by atoms with Gasteiger partial charge < -0.3 is 13.6 Å². The molecule has 0 spiro atoms. The normalized spacial score (nSPS) is 34.4. The zero-order chi connectivity index (χ0) is 13.9. The van der Waals surface area contributed by atoms with Gasteiger partial charge in [-0.3, -0.25) is 0 Å². The van der Waals surface area contributed by atoms with E-state index in [0.29, 0.717) is 17.7 Å². The van der Waals surface area contributed by atoms with Crippen LogP contribution >= 0.6 is 0 Å². The SMILES string of the molecule is CCC(C)[Si](CC)(OC)OCCC1CCC2OC2C1. The minimum atomic E-state index is -1.97. The van der Waals surface area contributed by atoms with Crippen LogP contribution in [0.2, 0.25) is 11.6 Å². The summed E-state index contributed by atoms with van der Waals surface area (Å²) in [4.78, 5) is 0. The molecule has 1 saturated heterocycles. The summed E-state index contributed by atoms with van der Waals surface area (Å²) in [5.74, 6) is 0.807. The standard InChI is InChI=1S/C15H30O3Si/c1-5-12(3)19(6-2,16-4)17-10-9-13-7-8-14-15(11-13)18-14/h12-15H,5-11H2,1-4H3. The van der Waals surface area contributed by atoms with E-state index < -0.39 is 8.56 Å². The molecular weight excluding hydrogens is 256 g/mol. The molecule has 0 aromatic carbocycles. The van der Waals surface area contributed by atoms with E-state index in [9.17, 15) is 0 Å². The van der Waals surface area contributed by atoms with E-state index in [1.807, 2.05) is 7.11 Å². The Kier molecular flexibility index (Phi) is 5.46. The number of fused-ring (bicyclic) bond motifs is 1. The molecule has 2 aliphatic rings. The average molecular weight is 286 g/mol. The van der Waals surface area contributed by atoms with Gasteiger partial charge in [-0.15, -0.1) is 0 Å². The summed E-state index contributed by atoms with van der Waals surface area (Å²) in [6.45, 7) is 7.60. The van der Waals surface area contributed by atoms with Gasteiger partial charge in [-0.05, 0) is 43.2 Å². The Bertz CT molecular complexity index is 281. The van der Waals surface area contributed by atoms with E-state index in [1.165, 1.54) is 25.7 Å². The molecule has 1 aliphatic heterocycles. The molecule has 0 amide bonds. The number of rotatable bonds is 8. The summed E-state index contributed by atoms with van der Waals surface area (Å²) >= 11 is 0. The maximum absolute atomic E-state index is 6.31. The van der Waals surface area contributed by atoms with Crippen molar-refractivity contribution in [2.45, 2.75) is 76.7 Å². The fraction of sp³-hybridized carbons (Fsp3) is 1.00. The lowest BCUT2D eigenvalue weighted by atomic mass is 9.87. The molecule has 0 radical (unpaired) electrons. The fourth-order valence-corrected chi connectivity index (χ4v) is 6.54. The van der Waals surface area contributed by atoms with Gasteiger partial charge in [0.05, 0.1) is 12.2 Å². The van der Waals surface area contributed by atoms with Crippen LogP contribution in [0.5, 0.6) is 0 Å². The zero-order valence-corrected chi connectivity index (χ0v) is 14.0. The molecule has 1 heterocycles. The largest absolute Gasteiger partial charge is 0.397 e. The summed E-state index contributed by atoms with van der Waals surface area (Å²) in [6.07, 6.45) is 7.37. The van der Waals surface area contributed by atoms with Crippen LogP contribution < -0.4 is 0 Å². The highest BCUT2D eigenvalue weighted by Gasteiger charge is 2.44. The fourth-order valence-electron chi connectivity index (χ4n) is 3.46. The Morgan fingerprint density at radius 3 is 2.63 bits per heavy atom. The molecule has 0 N–H and O–H groups in total. The number of hydrogen-bond acceptors (Lipinski definition) is 3. The smallest absolute Gasteiger partial charge is 0.340 e. The Morgan fingerprint density at radius 1 is 1.26 bits per heavy atom. The van der Waals surface area contributed by atoms with E-state index >= 15 is 0 Å². The summed E-state index contributed by atoms with van der Waals surface area (Å²) < 4.78 is 17.8. The van der Waals surface area contributed by atoms with Crippen LogP contribution in [-0.4, -0.2) is 34.5 Å². The van der Waals surface area contributed by atoms with Crippen molar-refractivity contribution in [2.75, 3.05) is 13.7 Å². The van der Waals surface area contributed by atoms with E-state index in [0.717, 1.165) is 25.0 Å². The van der Waals surface area contributed by atoms with Gasteiger partial charge in [-0.1, -0.05) is 27.2 Å². The second-order valence-electron chi connectivity index (χ2n) is 6.21. The molecule has 2 fully saturated rings. The molecule has 112 valence electrons. The highest BCUT2D eigenvalue weighted by atomic mass is 28.4. The predicted molar refractivity (Wildman–Crippen MR) is 79.5 cm³/mol. The first-order valence-corrected chi connectivity index (χ1v) is 10.1. The Labute approximate surface area is 119 Å². The quantitative estimate of drug-likeness (QED) is 0.501. The van der Waals surface area contributed by atoms with Crippen LogP contribution in [0.25, 0.3) is 0 Å². The molecule has 3 nitrogen and oxygen atoms in total. The van der Waals surface area contributed by atoms with Crippen LogP contribution in [0.1, 0.15) is 52.9 Å². The predicted octanol–water partition coefficient (Wildman–Crippen LogP) is 3.87. The first-order chi connectivity index (χ1) is 9.15. The number of hydrogen-bond donors (Lipinski definition) is 0. The van der Waals surface area contributed by atoms with Gasteiger partial charge in [0.1, 0.15) is 0 Å². The molecule has 1 saturated carbocycles. The van der Waals surface area contributed by atoms with E-state index in [2.05, 4.69) is 20.8 Å². The van der Waals surface area contributed by atoms with Crippen LogP contribution in [-0.2, 0) is 13.6 Å². The van der Waals surface area contributed by atoms with Gasteiger partial charge in [-0.25, -0.2) is 0 Å². The van der Waals surface area contributed by atoms with Crippen LogP contribution in [0, 0.1) is 5.92 Å². The average Bonchev–Trinajstić information content (AvgIpc) is 3.21. The minimum Gasteiger partial charge on any atom is -0.397 e. The molecule has 1 aliphatic carbocycles. The number of ether oxygens (including phenoxy) is 1. The lowest BCUT2D eigenvalue weighted by Crippen LogP contribution is -2.44. The van der Waals surface area contributed by atoms with Crippen molar-refractivity contribution in [3.63, 3.8) is 0 Å². The Hall–Kier alpha value is 0.0969. The topological polar surface area (TPSA) is 31.0 Å². The summed E-state index contributed by atoms with van der Waals surface area (Å²) in [6, 6.07) is 1.05. The molecule has 0 aromatic rings. The number of epoxide rings is 1. The Balaban J connectivity index is 1.75. The summed E-state index contributed by atoms with van der Waals surface area (Å²) in [5.41, 5.74) is 0.574. The molecule has 0 bridgehead atoms. The second kappa shape index (κ2) is 6.70. The van der Waals surface area contributed by atoms with E-state index in [-0.39, 0.29) is 0 Å². The van der Waals surface area contributed by atoms with Crippen molar-refractivity contribution >= 4 is 8.56 Å². The molecule has 0 aromatic heterocycles. The van der Waals surface area contributed by atoms with Gasteiger partial charge in [0, 0.05) is 13.7 Å². The van der Waals surface area contributed by atoms with Crippen molar-refractivity contribution in [2.24, 2.45) is 5.92 Å². The molecule has 5 atom stereocenters. The third kappa shape index (κ3) is 3.60. The molecule has 19 heavy (non-hydrogen) atoms. The maximum atomic E-state index is 6.31. The van der Waals surface area contributed by atoms with E-state index in [4.69, 9.17) is 13.6 Å². The van der Waals surface area contributed by atoms with E-state index in [1.54, 1.807) is 0 Å². The minimum absolute atomic E-state index is 0.574. The van der Waals surface area contributed by atoms with Crippen molar-refractivity contribution in [1.29, 1.82) is 0 Å². The lowest BCUT2D eigenvalue weighted by molar-refractivity contribution is 0.169. The maximum Gasteiger partial charge on any atom is 0.340 e. The first-order valence-electron chi connectivity index (χ1n) is 7.99. The van der Waals surface area contributed by atoms with Gasteiger partial charge in [0.2, 0.25) is 0 Å². The van der Waals surface area contributed by atoms with Crippen LogP contribution in [0.4, 0.5) is 0 Å². The molecule has 5 unspecified atom stereocenters. The highest BCUT2D eigenvalue weighted by Crippen LogP contribution is 2.40. The van der Waals surface area contributed by atoms with Crippen molar-refractivity contribution in [3.8, 4) is 0 Å². The summed E-state index contributed by atoms with van der Waals surface area (Å²) in [5, 5.41) is 0. The van der Waals surface area contributed by atoms with Crippen molar-refractivity contribution in [1.82, 2.24) is 0 Å². The molecule has 2 rings (SSSR count). The molecule has 4 heteroatoms. The summed E-state index contributed by atoms with van der Waals surface area (Å²) in [7, 11) is -0.131.